The van der Waals surface area contributed by atoms with Gasteiger partial charge in [0.2, 0.25) is 0 Å². The maximum absolute atomic E-state index is 13.2. The number of aliphatic imine (C=N–C) groups is 1. The van der Waals surface area contributed by atoms with Crippen molar-refractivity contribution in [2.24, 2.45) is 10.7 Å². The number of guanidine groups is 1. The second-order valence-corrected chi connectivity index (χ2v) is 6.37. The summed E-state index contributed by atoms with van der Waals surface area (Å²) in [6, 6.07) is 7.71. The van der Waals surface area contributed by atoms with Crippen molar-refractivity contribution in [3.63, 3.8) is 0 Å². The molecule has 2 fully saturated rings. The Hall–Kier alpha value is -1.58. The van der Waals surface area contributed by atoms with Crippen LogP contribution in [0.5, 0.6) is 0 Å². The van der Waals surface area contributed by atoms with Crippen LogP contribution in [0.25, 0.3) is 0 Å². The van der Waals surface area contributed by atoms with E-state index in [4.69, 9.17) is 5.73 Å². The first-order valence-corrected chi connectivity index (χ1v) is 8.06. The lowest BCUT2D eigenvalue weighted by Crippen LogP contribution is -2.47. The Kier molecular flexibility index (Phi) is 4.42. The number of nitrogens with zero attached hydrogens (tertiary/aromatic N) is 1. The molecule has 0 atom stereocenters. The Labute approximate surface area is 125 Å². The molecule has 0 bridgehead atoms. The Balaban J connectivity index is 1.47. The largest absolute Gasteiger partial charge is 0.370 e. The van der Waals surface area contributed by atoms with Gasteiger partial charge in [0.1, 0.15) is 5.82 Å². The molecule has 1 aromatic rings. The average Bonchev–Trinajstić information content (AvgIpc) is 2.43. The average molecular weight is 289 g/mol. The van der Waals surface area contributed by atoms with Crippen molar-refractivity contribution in [2.75, 3.05) is 0 Å². The summed E-state index contributed by atoms with van der Waals surface area (Å²) >= 11 is 0. The van der Waals surface area contributed by atoms with Crippen LogP contribution in [-0.2, 0) is 0 Å². The minimum Gasteiger partial charge on any atom is -0.370 e. The predicted molar refractivity (Wildman–Crippen MR) is 83.8 cm³/mol. The van der Waals surface area contributed by atoms with Crippen LogP contribution in [0, 0.1) is 5.82 Å². The molecule has 0 unspecified atom stereocenters. The first kappa shape index (κ1) is 14.4. The van der Waals surface area contributed by atoms with Gasteiger partial charge in [0.05, 0.1) is 6.04 Å². The Morgan fingerprint density at radius 3 is 2.67 bits per heavy atom. The predicted octanol–water partition coefficient (Wildman–Crippen LogP) is 3.31. The van der Waals surface area contributed by atoms with E-state index in [-0.39, 0.29) is 5.82 Å². The zero-order valence-corrected chi connectivity index (χ0v) is 12.4. The summed E-state index contributed by atoms with van der Waals surface area (Å²) in [5, 5.41) is 3.31. The fraction of sp³-hybridized carbons (Fsp3) is 0.588. The lowest BCUT2D eigenvalue weighted by atomic mass is 9.76. The second kappa shape index (κ2) is 6.46. The fourth-order valence-electron chi connectivity index (χ4n) is 3.42. The fourth-order valence-corrected chi connectivity index (χ4v) is 3.42. The number of rotatable bonds is 3. The molecule has 0 spiro atoms. The van der Waals surface area contributed by atoms with E-state index in [2.05, 4.69) is 10.3 Å². The number of halogens is 1. The van der Waals surface area contributed by atoms with Crippen LogP contribution in [0.2, 0.25) is 0 Å². The molecule has 0 aromatic heterocycles. The van der Waals surface area contributed by atoms with E-state index in [1.165, 1.54) is 38.2 Å². The van der Waals surface area contributed by atoms with Crippen molar-refractivity contribution in [3.8, 4) is 0 Å². The first-order valence-electron chi connectivity index (χ1n) is 8.06. The van der Waals surface area contributed by atoms with Crippen molar-refractivity contribution < 1.29 is 4.39 Å². The summed E-state index contributed by atoms with van der Waals surface area (Å²) < 4.78 is 13.2. The topological polar surface area (TPSA) is 50.4 Å². The van der Waals surface area contributed by atoms with Gasteiger partial charge in [0, 0.05) is 6.04 Å². The van der Waals surface area contributed by atoms with E-state index < -0.39 is 0 Å². The van der Waals surface area contributed by atoms with Crippen molar-refractivity contribution in [2.45, 2.75) is 62.9 Å². The quantitative estimate of drug-likeness (QED) is 0.662. The third kappa shape index (κ3) is 3.74. The van der Waals surface area contributed by atoms with E-state index in [1.54, 1.807) is 12.1 Å². The van der Waals surface area contributed by atoms with Crippen LogP contribution >= 0.6 is 0 Å². The van der Waals surface area contributed by atoms with E-state index in [0.717, 1.165) is 18.4 Å². The summed E-state index contributed by atoms with van der Waals surface area (Å²) in [6.07, 6.45) is 8.21. The van der Waals surface area contributed by atoms with Crippen LogP contribution in [0.4, 0.5) is 4.39 Å². The number of hydrogen-bond acceptors (Lipinski definition) is 1. The van der Waals surface area contributed by atoms with Crippen molar-refractivity contribution in [1.29, 1.82) is 0 Å². The number of benzene rings is 1. The molecule has 1 aromatic carbocycles. The third-order valence-corrected chi connectivity index (χ3v) is 4.71. The molecule has 0 amide bonds. The van der Waals surface area contributed by atoms with E-state index in [1.807, 2.05) is 6.07 Å². The maximum atomic E-state index is 13.2. The Morgan fingerprint density at radius 1 is 1.19 bits per heavy atom. The summed E-state index contributed by atoms with van der Waals surface area (Å²) in [6.45, 7) is 0. The van der Waals surface area contributed by atoms with Crippen LogP contribution in [0.15, 0.2) is 29.3 Å². The molecule has 21 heavy (non-hydrogen) atoms. The van der Waals surface area contributed by atoms with Gasteiger partial charge >= 0.3 is 0 Å². The van der Waals surface area contributed by atoms with Crippen molar-refractivity contribution in [3.05, 3.63) is 35.6 Å². The van der Waals surface area contributed by atoms with Crippen molar-refractivity contribution in [1.82, 2.24) is 5.32 Å². The molecule has 3 nitrogen and oxygen atoms in total. The molecule has 3 rings (SSSR count). The van der Waals surface area contributed by atoms with Gasteiger partial charge < -0.3 is 11.1 Å². The Bertz CT molecular complexity index is 503. The molecular weight excluding hydrogens is 265 g/mol. The minimum absolute atomic E-state index is 0.151. The first-order chi connectivity index (χ1) is 10.2. The molecule has 0 radical (unpaired) electrons. The van der Waals surface area contributed by atoms with Gasteiger partial charge in [0.15, 0.2) is 5.96 Å². The second-order valence-electron chi connectivity index (χ2n) is 6.37. The molecule has 2 aliphatic rings. The molecule has 2 saturated carbocycles. The lowest BCUT2D eigenvalue weighted by molar-refractivity contribution is 0.322. The Morgan fingerprint density at radius 2 is 1.95 bits per heavy atom. The highest BCUT2D eigenvalue weighted by molar-refractivity contribution is 5.78. The van der Waals surface area contributed by atoms with Gasteiger partial charge in [0.25, 0.3) is 0 Å². The van der Waals surface area contributed by atoms with Gasteiger partial charge in [-0.2, -0.15) is 0 Å². The molecular formula is C17H24FN3. The molecule has 0 saturated heterocycles. The van der Waals surface area contributed by atoms with E-state index in [9.17, 15) is 4.39 Å². The van der Waals surface area contributed by atoms with Gasteiger partial charge in [-0.1, -0.05) is 31.4 Å². The monoisotopic (exact) mass is 289 g/mol. The highest BCUT2D eigenvalue weighted by Gasteiger charge is 2.30. The van der Waals surface area contributed by atoms with E-state index >= 15 is 0 Å². The van der Waals surface area contributed by atoms with Crippen LogP contribution in [-0.4, -0.2) is 18.0 Å². The molecule has 0 aliphatic heterocycles. The van der Waals surface area contributed by atoms with E-state index in [0.29, 0.717) is 24.0 Å². The molecule has 114 valence electrons. The number of nitrogens with one attached hydrogen (secondary N) is 1. The summed E-state index contributed by atoms with van der Waals surface area (Å²) in [5.41, 5.74) is 7.10. The highest BCUT2D eigenvalue weighted by atomic mass is 19.1. The zero-order valence-electron chi connectivity index (χ0n) is 12.4. The SMILES string of the molecule is NC(=NC1CCCCC1)NC1CC(c2cccc(F)c2)C1. The minimum atomic E-state index is -0.151. The maximum Gasteiger partial charge on any atom is 0.189 e. The highest BCUT2D eigenvalue weighted by Crippen LogP contribution is 2.36. The zero-order chi connectivity index (χ0) is 14.7. The number of nitrogens with two attached hydrogens (primary N) is 1. The summed E-state index contributed by atoms with van der Waals surface area (Å²) in [4.78, 5) is 4.59. The van der Waals surface area contributed by atoms with Gasteiger partial charge in [-0.3, -0.25) is 4.99 Å². The molecule has 2 aliphatic carbocycles. The number of hydrogen-bond donors (Lipinski definition) is 2. The molecule has 0 heterocycles. The van der Waals surface area contributed by atoms with Crippen LogP contribution < -0.4 is 11.1 Å². The standard InChI is InChI=1S/C17H24FN3/c18-14-6-4-5-12(9-14)13-10-16(11-13)21-17(19)20-15-7-2-1-3-8-15/h4-6,9,13,15-16H,1-3,7-8,10-11H2,(H3,19,20,21). The van der Waals surface area contributed by atoms with Crippen LogP contribution in [0.1, 0.15) is 56.4 Å². The molecule has 3 N–H and O–H groups in total. The van der Waals surface area contributed by atoms with Crippen LogP contribution in [0.3, 0.4) is 0 Å². The van der Waals surface area contributed by atoms with Crippen molar-refractivity contribution >= 4 is 5.96 Å². The summed E-state index contributed by atoms with van der Waals surface area (Å²) in [7, 11) is 0. The van der Waals surface area contributed by atoms with Gasteiger partial charge in [-0.05, 0) is 49.3 Å². The third-order valence-electron chi connectivity index (χ3n) is 4.71. The molecule has 4 heteroatoms. The lowest BCUT2D eigenvalue weighted by Gasteiger charge is -2.36. The normalized spacial score (nSPS) is 27.2. The van der Waals surface area contributed by atoms with Gasteiger partial charge in [-0.25, -0.2) is 4.39 Å². The summed E-state index contributed by atoms with van der Waals surface area (Å²) in [5.74, 6) is 0.882. The smallest absolute Gasteiger partial charge is 0.189 e. The van der Waals surface area contributed by atoms with Gasteiger partial charge in [-0.15, -0.1) is 0 Å².